The van der Waals surface area contributed by atoms with Gasteiger partial charge < -0.3 is 5.32 Å². The molecule has 0 spiro atoms. The van der Waals surface area contributed by atoms with Crippen molar-refractivity contribution in [1.82, 2.24) is 5.32 Å². The highest BCUT2D eigenvalue weighted by atomic mass is 14.9. The Morgan fingerprint density at radius 1 is 1.28 bits per heavy atom. The molecule has 0 bridgehead atoms. The lowest BCUT2D eigenvalue weighted by Crippen LogP contribution is -2.20. The number of hydrogen-bond donors (Lipinski definition) is 1. The summed E-state index contributed by atoms with van der Waals surface area (Å²) in [4.78, 5) is 0. The van der Waals surface area contributed by atoms with Gasteiger partial charge in [-0.1, -0.05) is 38.1 Å². The van der Waals surface area contributed by atoms with Gasteiger partial charge in [0, 0.05) is 6.04 Å². The van der Waals surface area contributed by atoms with Crippen LogP contribution in [0.4, 0.5) is 0 Å². The highest BCUT2D eigenvalue weighted by Gasteiger charge is 2.12. The number of aryl methyl sites for hydroxylation is 1. The lowest BCUT2D eigenvalue weighted by atomic mass is 9.96. The van der Waals surface area contributed by atoms with Crippen molar-refractivity contribution >= 4 is 0 Å². The highest BCUT2D eigenvalue weighted by molar-refractivity contribution is 5.25. The minimum atomic E-state index is 0.696. The predicted octanol–water partition coefficient (Wildman–Crippen LogP) is 4.27. The first kappa shape index (κ1) is 13.6. The van der Waals surface area contributed by atoms with Crippen LogP contribution in [-0.4, -0.2) is 12.6 Å². The molecule has 0 radical (unpaired) electrons. The van der Waals surface area contributed by atoms with Crippen LogP contribution in [0.2, 0.25) is 0 Å². The number of nitrogens with one attached hydrogen (secondary N) is 1. The zero-order valence-corrected chi connectivity index (χ0v) is 11.9. The van der Waals surface area contributed by atoms with Gasteiger partial charge >= 0.3 is 0 Å². The molecule has 1 aliphatic rings. The van der Waals surface area contributed by atoms with E-state index in [4.69, 9.17) is 0 Å². The first-order valence-corrected chi connectivity index (χ1v) is 7.62. The molecule has 1 aromatic carbocycles. The molecule has 1 heterocycles. The van der Waals surface area contributed by atoms with Crippen molar-refractivity contribution in [2.24, 2.45) is 0 Å². The Labute approximate surface area is 112 Å². The van der Waals surface area contributed by atoms with Crippen LogP contribution in [-0.2, 0) is 6.42 Å². The third kappa shape index (κ3) is 3.84. The summed E-state index contributed by atoms with van der Waals surface area (Å²) in [6.45, 7) is 5.79. The molecule has 0 amide bonds. The maximum absolute atomic E-state index is 3.57. The molecule has 1 fully saturated rings. The van der Waals surface area contributed by atoms with E-state index in [2.05, 4.69) is 43.4 Å². The quantitative estimate of drug-likeness (QED) is 0.789. The Hall–Kier alpha value is -0.820. The van der Waals surface area contributed by atoms with Crippen molar-refractivity contribution in [3.63, 3.8) is 0 Å². The second-order valence-corrected chi connectivity index (χ2v) is 5.74. The van der Waals surface area contributed by atoms with Gasteiger partial charge in [-0.2, -0.15) is 0 Å². The highest BCUT2D eigenvalue weighted by Crippen LogP contribution is 2.20. The first-order valence-electron chi connectivity index (χ1n) is 7.62. The van der Waals surface area contributed by atoms with Crippen molar-refractivity contribution in [3.05, 3.63) is 35.4 Å². The van der Waals surface area contributed by atoms with Gasteiger partial charge in [-0.3, -0.25) is 0 Å². The molecule has 0 aliphatic carbocycles. The topological polar surface area (TPSA) is 12.0 Å². The average molecular weight is 245 g/mol. The van der Waals surface area contributed by atoms with E-state index in [0.29, 0.717) is 5.92 Å². The lowest BCUT2D eigenvalue weighted by Gasteiger charge is -2.11. The molecule has 1 heteroatoms. The number of rotatable bonds is 6. The fraction of sp³-hybridized carbons (Fsp3) is 0.647. The van der Waals surface area contributed by atoms with Gasteiger partial charge in [0.25, 0.3) is 0 Å². The van der Waals surface area contributed by atoms with E-state index < -0.39 is 0 Å². The van der Waals surface area contributed by atoms with Crippen molar-refractivity contribution in [2.75, 3.05) is 6.54 Å². The molecule has 2 atom stereocenters. The summed E-state index contributed by atoms with van der Waals surface area (Å²) in [7, 11) is 0. The number of hydrogen-bond acceptors (Lipinski definition) is 1. The molecule has 1 nitrogen and oxygen atoms in total. The maximum Gasteiger partial charge on any atom is 0.00676 e. The van der Waals surface area contributed by atoms with E-state index in [1.807, 2.05) is 0 Å². The van der Waals surface area contributed by atoms with E-state index in [-0.39, 0.29) is 0 Å². The summed E-state index contributed by atoms with van der Waals surface area (Å²) in [5, 5.41) is 3.57. The van der Waals surface area contributed by atoms with Gasteiger partial charge in [0.2, 0.25) is 0 Å². The molecule has 1 saturated heterocycles. The van der Waals surface area contributed by atoms with Crippen LogP contribution in [0.3, 0.4) is 0 Å². The van der Waals surface area contributed by atoms with E-state index in [9.17, 15) is 0 Å². The average Bonchev–Trinajstić information content (AvgIpc) is 2.92. The summed E-state index contributed by atoms with van der Waals surface area (Å²) in [5.41, 5.74) is 2.98. The summed E-state index contributed by atoms with van der Waals surface area (Å²) in [6, 6.07) is 10.1. The summed E-state index contributed by atoms with van der Waals surface area (Å²) < 4.78 is 0. The molecule has 1 N–H and O–H groups in total. The van der Waals surface area contributed by atoms with Crippen LogP contribution in [0.15, 0.2) is 24.3 Å². The molecule has 1 aromatic rings. The van der Waals surface area contributed by atoms with Crippen molar-refractivity contribution in [2.45, 2.75) is 64.3 Å². The third-order valence-electron chi connectivity index (χ3n) is 4.34. The second-order valence-electron chi connectivity index (χ2n) is 5.74. The van der Waals surface area contributed by atoms with Crippen molar-refractivity contribution < 1.29 is 0 Å². The molecule has 0 aromatic heterocycles. The van der Waals surface area contributed by atoms with E-state index in [1.54, 1.807) is 0 Å². The Morgan fingerprint density at radius 2 is 2.06 bits per heavy atom. The molecule has 2 rings (SSSR count). The number of benzene rings is 1. The smallest absolute Gasteiger partial charge is 0.00676 e. The molecule has 18 heavy (non-hydrogen) atoms. The standard InChI is InChI=1S/C17H27N/c1-3-14(2)16-11-9-15(10-12-16)6-4-7-17-8-5-13-18-17/h9-12,14,17-18H,3-8,13H2,1-2H3. The predicted molar refractivity (Wildman–Crippen MR) is 79.1 cm³/mol. The molecular formula is C17H27N. The van der Waals surface area contributed by atoms with Crippen LogP contribution >= 0.6 is 0 Å². The minimum Gasteiger partial charge on any atom is -0.314 e. The third-order valence-corrected chi connectivity index (χ3v) is 4.34. The second kappa shape index (κ2) is 6.94. The zero-order valence-electron chi connectivity index (χ0n) is 11.9. The van der Waals surface area contributed by atoms with Gasteiger partial charge in [-0.05, 0) is 62.1 Å². The molecule has 2 unspecified atom stereocenters. The van der Waals surface area contributed by atoms with E-state index in [1.165, 1.54) is 56.2 Å². The minimum absolute atomic E-state index is 0.696. The van der Waals surface area contributed by atoms with Gasteiger partial charge in [0.05, 0.1) is 0 Å². The Morgan fingerprint density at radius 3 is 2.67 bits per heavy atom. The summed E-state index contributed by atoms with van der Waals surface area (Å²) >= 11 is 0. The van der Waals surface area contributed by atoms with Crippen LogP contribution in [0, 0.1) is 0 Å². The lowest BCUT2D eigenvalue weighted by molar-refractivity contribution is 0.536. The van der Waals surface area contributed by atoms with Crippen LogP contribution in [0.25, 0.3) is 0 Å². The normalized spacial score (nSPS) is 21.1. The van der Waals surface area contributed by atoms with E-state index >= 15 is 0 Å². The largest absolute Gasteiger partial charge is 0.314 e. The van der Waals surface area contributed by atoms with Crippen molar-refractivity contribution in [3.8, 4) is 0 Å². The van der Waals surface area contributed by atoms with Gasteiger partial charge in [-0.25, -0.2) is 0 Å². The van der Waals surface area contributed by atoms with E-state index in [0.717, 1.165) is 6.04 Å². The monoisotopic (exact) mass is 245 g/mol. The molecular weight excluding hydrogens is 218 g/mol. The molecule has 100 valence electrons. The maximum atomic E-state index is 3.57. The van der Waals surface area contributed by atoms with Gasteiger partial charge in [-0.15, -0.1) is 0 Å². The van der Waals surface area contributed by atoms with Crippen molar-refractivity contribution in [1.29, 1.82) is 0 Å². The zero-order chi connectivity index (χ0) is 12.8. The van der Waals surface area contributed by atoms with Crippen LogP contribution in [0.5, 0.6) is 0 Å². The summed E-state index contributed by atoms with van der Waals surface area (Å²) in [5.74, 6) is 0.696. The van der Waals surface area contributed by atoms with Gasteiger partial charge in [0.15, 0.2) is 0 Å². The SMILES string of the molecule is CCC(C)c1ccc(CCCC2CCCN2)cc1. The van der Waals surface area contributed by atoms with Crippen LogP contribution in [0.1, 0.15) is 63.0 Å². The Bertz CT molecular complexity index is 335. The molecule has 1 aliphatic heterocycles. The fourth-order valence-corrected chi connectivity index (χ4v) is 2.80. The summed E-state index contributed by atoms with van der Waals surface area (Å²) in [6.07, 6.45) is 7.88. The Balaban J connectivity index is 1.75. The fourth-order valence-electron chi connectivity index (χ4n) is 2.80. The van der Waals surface area contributed by atoms with Gasteiger partial charge in [0.1, 0.15) is 0 Å². The molecule has 0 saturated carbocycles. The first-order chi connectivity index (χ1) is 8.79. The Kier molecular flexibility index (Phi) is 5.25. The van der Waals surface area contributed by atoms with Crippen LogP contribution < -0.4 is 5.32 Å².